The summed E-state index contributed by atoms with van der Waals surface area (Å²) in [7, 11) is -2.86. The number of halogens is 1. The topological polar surface area (TPSA) is 153 Å². The number of hydrogen-bond acceptors (Lipinski definition) is 10. The van der Waals surface area contributed by atoms with Crippen LogP contribution >= 0.6 is 7.75 Å². The minimum Gasteiger partial charge on any atom is -0.461 e. The van der Waals surface area contributed by atoms with Gasteiger partial charge in [0.25, 0.3) is 0 Å². The second-order valence-corrected chi connectivity index (χ2v) is 15.7. The van der Waals surface area contributed by atoms with Gasteiger partial charge in [0, 0.05) is 20.1 Å². The zero-order valence-electron chi connectivity index (χ0n) is 32.8. The van der Waals surface area contributed by atoms with Crippen LogP contribution in [0.15, 0.2) is 36.7 Å². The fraction of sp³-hybridized carbons (Fsp3) is 0.650. The number of unbranched alkanes of at least 4 members (excludes halogenated alkanes) is 12. The van der Waals surface area contributed by atoms with E-state index in [0.717, 1.165) is 38.5 Å². The van der Waals surface area contributed by atoms with Gasteiger partial charge in [-0.1, -0.05) is 115 Å². The molecule has 0 aliphatic carbocycles. The summed E-state index contributed by atoms with van der Waals surface area (Å²) < 4.78 is 53.6. The van der Waals surface area contributed by atoms with Crippen molar-refractivity contribution in [3.8, 4) is 18.1 Å². The van der Waals surface area contributed by atoms with Crippen molar-refractivity contribution in [3.63, 3.8) is 0 Å². The van der Waals surface area contributed by atoms with E-state index in [0.29, 0.717) is 0 Å². The van der Waals surface area contributed by atoms with Gasteiger partial charge in [-0.3, -0.25) is 9.32 Å². The van der Waals surface area contributed by atoms with E-state index in [-0.39, 0.29) is 48.4 Å². The van der Waals surface area contributed by atoms with Crippen LogP contribution in [0.1, 0.15) is 130 Å². The number of terminal acetylenes is 1. The van der Waals surface area contributed by atoms with Crippen molar-refractivity contribution in [2.75, 3.05) is 19.5 Å². The van der Waals surface area contributed by atoms with Crippen molar-refractivity contribution in [2.45, 2.75) is 154 Å². The molecular weight excluding hydrogens is 710 g/mol. The molecule has 0 spiro atoms. The Morgan fingerprint density at radius 3 is 2.15 bits per heavy atom. The van der Waals surface area contributed by atoms with E-state index in [4.69, 9.17) is 30.7 Å². The molecule has 3 aromatic rings. The molecule has 14 heteroatoms. The Hall–Kier alpha value is -3.56. The average molecular weight is 773 g/mol. The molecule has 0 fully saturated rings. The summed E-state index contributed by atoms with van der Waals surface area (Å²) in [6, 6.07) is 7.47. The number of hydrogen-bond donors (Lipinski definition) is 2. The first-order valence-electron chi connectivity index (χ1n) is 19.7. The molecule has 0 amide bonds. The van der Waals surface area contributed by atoms with E-state index in [1.807, 2.05) is 0 Å². The summed E-state index contributed by atoms with van der Waals surface area (Å²) in [6.07, 6.45) is 24.3. The fourth-order valence-electron chi connectivity index (χ4n) is 6.19. The number of nitrogens with zero attached hydrogens (tertiary/aromatic N) is 4. The summed E-state index contributed by atoms with van der Waals surface area (Å²) >= 11 is 0. The molecule has 3 atom stereocenters. The number of methoxy groups -OCH3 is 1. The van der Waals surface area contributed by atoms with Gasteiger partial charge in [0.15, 0.2) is 17.1 Å². The van der Waals surface area contributed by atoms with Crippen LogP contribution in [0.25, 0.3) is 11.2 Å². The second-order valence-electron chi connectivity index (χ2n) is 14.0. The van der Waals surface area contributed by atoms with Crippen LogP contribution in [0.3, 0.4) is 0 Å². The van der Waals surface area contributed by atoms with Crippen LogP contribution < -0.4 is 15.3 Å². The van der Waals surface area contributed by atoms with Crippen LogP contribution in [-0.2, 0) is 29.9 Å². The highest BCUT2D eigenvalue weighted by atomic mass is 31.2. The molecule has 1 unspecified atom stereocenters. The van der Waals surface area contributed by atoms with Crippen LogP contribution in [0.5, 0.6) is 5.75 Å². The SMILES string of the molecule is C#C[C@](CCn1cnc2c(N)nc(F)nc21)(COP(=O)(N[C@@H](C)C(=O)OC(CCCCCCCCC)CCCCCCCCC)Oc1ccccc1)OC. The van der Waals surface area contributed by atoms with E-state index in [9.17, 15) is 13.8 Å². The third-order valence-electron chi connectivity index (χ3n) is 9.56. The lowest BCUT2D eigenvalue weighted by molar-refractivity contribution is -0.151. The Bertz CT molecular complexity index is 1600. The second kappa shape index (κ2) is 24.1. The van der Waals surface area contributed by atoms with Crippen molar-refractivity contribution in [1.29, 1.82) is 0 Å². The molecule has 3 N–H and O–H groups in total. The molecule has 0 saturated carbocycles. The van der Waals surface area contributed by atoms with Gasteiger partial charge in [-0.05, 0) is 44.7 Å². The van der Waals surface area contributed by atoms with Gasteiger partial charge in [0.1, 0.15) is 23.4 Å². The Balaban J connectivity index is 1.69. The van der Waals surface area contributed by atoms with Gasteiger partial charge in [-0.2, -0.15) is 19.4 Å². The number of nitrogens with two attached hydrogens (primary N) is 1. The number of anilines is 1. The third kappa shape index (κ3) is 15.3. The highest BCUT2D eigenvalue weighted by Gasteiger charge is 2.38. The first-order chi connectivity index (χ1) is 26.1. The lowest BCUT2D eigenvalue weighted by Crippen LogP contribution is -2.40. The number of carbonyl (C=O) groups excluding carboxylic acids is 1. The maximum absolute atomic E-state index is 14.4. The van der Waals surface area contributed by atoms with E-state index in [1.54, 1.807) is 41.8 Å². The minimum absolute atomic E-state index is 0.0887. The molecule has 3 rings (SSSR count). The van der Waals surface area contributed by atoms with E-state index in [2.05, 4.69) is 39.8 Å². The minimum atomic E-state index is -4.27. The molecule has 54 heavy (non-hydrogen) atoms. The quantitative estimate of drug-likeness (QED) is 0.0228. The summed E-state index contributed by atoms with van der Waals surface area (Å²) in [5, 5.41) is 2.79. The predicted octanol–water partition coefficient (Wildman–Crippen LogP) is 9.33. The number of nitrogens with one attached hydrogen (secondary N) is 1. The summed E-state index contributed by atoms with van der Waals surface area (Å²) in [6.45, 7) is 5.80. The first kappa shape index (κ1) is 44.8. The van der Waals surface area contributed by atoms with Crippen molar-refractivity contribution < 1.29 is 32.3 Å². The molecule has 1 aromatic carbocycles. The zero-order chi connectivity index (χ0) is 39.2. The number of rotatable bonds is 29. The molecule has 0 radical (unpaired) electrons. The van der Waals surface area contributed by atoms with E-state index >= 15 is 0 Å². The predicted molar refractivity (Wildman–Crippen MR) is 211 cm³/mol. The number of imidazole rings is 1. The van der Waals surface area contributed by atoms with Crippen LogP contribution in [0.4, 0.5) is 10.2 Å². The highest BCUT2D eigenvalue weighted by Crippen LogP contribution is 2.46. The highest BCUT2D eigenvalue weighted by molar-refractivity contribution is 7.52. The van der Waals surface area contributed by atoms with Gasteiger partial charge < -0.3 is 24.3 Å². The van der Waals surface area contributed by atoms with Crippen molar-refractivity contribution in [1.82, 2.24) is 24.6 Å². The molecule has 0 aliphatic rings. The van der Waals surface area contributed by atoms with Gasteiger partial charge >= 0.3 is 19.8 Å². The number of carbonyl (C=O) groups is 1. The summed E-state index contributed by atoms with van der Waals surface area (Å²) in [5.41, 5.74) is 4.84. The van der Waals surface area contributed by atoms with Gasteiger partial charge in [0.2, 0.25) is 0 Å². The lowest BCUT2D eigenvalue weighted by atomic mass is 10.0. The van der Waals surface area contributed by atoms with Crippen molar-refractivity contribution in [2.24, 2.45) is 0 Å². The normalized spacial score (nSPS) is 14.4. The first-order valence-corrected chi connectivity index (χ1v) is 21.3. The maximum atomic E-state index is 14.4. The van der Waals surface area contributed by atoms with Crippen LogP contribution in [0.2, 0.25) is 0 Å². The number of aryl methyl sites for hydroxylation is 1. The number of aromatic nitrogens is 4. The van der Waals surface area contributed by atoms with Gasteiger partial charge in [-0.15, -0.1) is 6.42 Å². The number of fused-ring (bicyclic) bond motifs is 1. The zero-order valence-corrected chi connectivity index (χ0v) is 33.7. The number of benzene rings is 1. The smallest absolute Gasteiger partial charge is 0.459 e. The number of nitrogen functional groups attached to an aromatic ring is 1. The average Bonchev–Trinajstić information content (AvgIpc) is 3.57. The van der Waals surface area contributed by atoms with Gasteiger partial charge in [0.05, 0.1) is 12.9 Å². The maximum Gasteiger partial charge on any atom is 0.459 e. The van der Waals surface area contributed by atoms with Crippen LogP contribution in [0, 0.1) is 18.4 Å². The van der Waals surface area contributed by atoms with Gasteiger partial charge in [-0.25, -0.2) is 9.55 Å². The number of ether oxygens (including phenoxy) is 2. The number of para-hydroxylation sites is 1. The van der Waals surface area contributed by atoms with E-state index in [1.165, 1.54) is 77.6 Å². The van der Waals surface area contributed by atoms with E-state index < -0.39 is 31.4 Å². The molecular formula is C40H62FN6O6P. The lowest BCUT2D eigenvalue weighted by Gasteiger charge is -2.30. The summed E-state index contributed by atoms with van der Waals surface area (Å²) in [4.78, 5) is 25.1. The Morgan fingerprint density at radius 2 is 1.57 bits per heavy atom. The Labute approximate surface area is 321 Å². The molecule has 300 valence electrons. The molecule has 2 heterocycles. The van der Waals surface area contributed by atoms with Crippen molar-refractivity contribution in [3.05, 3.63) is 42.7 Å². The molecule has 0 bridgehead atoms. The standard InChI is InChI=1S/C40H62FN6O6P/c1-6-9-11-13-15-17-20-24-33(25-21-18-16-14-12-10-7-2)52-38(48)32(4)46-54(49,53-34-26-22-19-23-27-34)51-30-40(8-3,50-5)28-29-47-31-43-35-36(42)44-39(41)45-37(35)47/h3,19,22-23,26-27,31-33H,6-7,9-18,20-21,24-25,28-30H2,1-2,4-5H3,(H,46,49)(H2,42,44,45)/t32-,40-,54?/m0/s1. The monoisotopic (exact) mass is 772 g/mol. The Kier molecular flexibility index (Phi) is 20.0. The summed E-state index contributed by atoms with van der Waals surface area (Å²) in [5.74, 6) is 2.24. The molecule has 2 aromatic heterocycles. The molecule has 0 aliphatic heterocycles. The van der Waals surface area contributed by atoms with Crippen molar-refractivity contribution >= 4 is 30.7 Å². The van der Waals surface area contributed by atoms with Crippen LogP contribution in [-0.4, -0.2) is 57.0 Å². The number of esters is 1. The Morgan fingerprint density at radius 1 is 0.981 bits per heavy atom. The largest absolute Gasteiger partial charge is 0.461 e. The molecule has 0 saturated heterocycles. The third-order valence-corrected chi connectivity index (χ3v) is 11.2. The fourth-order valence-corrected chi connectivity index (χ4v) is 7.72. The molecule has 12 nitrogen and oxygen atoms in total.